The second kappa shape index (κ2) is 8.82. The van der Waals surface area contributed by atoms with Crippen molar-refractivity contribution in [2.24, 2.45) is 0 Å². The standard InChI is InChI=1S/C31H33N2O2/c1-21(2)19-31(16-7-17-31)24-14-12-23(13-15-24)29-26(22-8-4-3-5-9-22)18-27-30(32-29)35-20-28(34)33(27)25-10-6-11-25/h3-5,8-9,12-15,18,25H,6-7,10-11,16-17,19-20H2,1-2H3. The molecule has 6 rings (SSSR count). The number of carbonyl (C=O) groups is 1. The van der Waals surface area contributed by atoms with Gasteiger partial charge in [-0.1, -0.05) is 74.9 Å². The van der Waals surface area contributed by atoms with Crippen molar-refractivity contribution in [1.29, 1.82) is 0 Å². The summed E-state index contributed by atoms with van der Waals surface area (Å²) in [4.78, 5) is 19.8. The van der Waals surface area contributed by atoms with E-state index in [2.05, 4.69) is 68.4 Å². The molecular formula is C31H33N2O2. The van der Waals surface area contributed by atoms with Gasteiger partial charge in [0.15, 0.2) is 6.61 Å². The predicted octanol–water partition coefficient (Wildman–Crippen LogP) is 7.12. The quantitative estimate of drug-likeness (QED) is 0.389. The maximum Gasteiger partial charge on any atom is 0.265 e. The van der Waals surface area contributed by atoms with Crippen LogP contribution in [0.3, 0.4) is 0 Å². The summed E-state index contributed by atoms with van der Waals surface area (Å²) in [5, 5.41) is 0. The number of aromatic nitrogens is 1. The van der Waals surface area contributed by atoms with E-state index in [1.807, 2.05) is 11.0 Å². The molecule has 179 valence electrons. The number of rotatable bonds is 6. The molecule has 1 aliphatic heterocycles. The van der Waals surface area contributed by atoms with Crippen molar-refractivity contribution in [1.82, 2.24) is 4.98 Å². The fourth-order valence-corrected chi connectivity index (χ4v) is 6.03. The van der Waals surface area contributed by atoms with Crippen LogP contribution in [-0.2, 0) is 10.2 Å². The lowest BCUT2D eigenvalue weighted by atomic mass is 9.61. The summed E-state index contributed by atoms with van der Waals surface area (Å²) in [5.74, 6) is 2.11. The van der Waals surface area contributed by atoms with Crippen LogP contribution in [-0.4, -0.2) is 23.5 Å². The van der Waals surface area contributed by atoms with Gasteiger partial charge >= 0.3 is 0 Å². The molecule has 4 nitrogen and oxygen atoms in total. The van der Waals surface area contributed by atoms with E-state index in [4.69, 9.17) is 9.72 Å². The van der Waals surface area contributed by atoms with E-state index in [1.165, 1.54) is 37.2 Å². The third kappa shape index (κ3) is 3.93. The Kier molecular flexibility index (Phi) is 5.63. The molecule has 0 atom stereocenters. The number of pyridine rings is 1. The number of hydrogen-bond donors (Lipinski definition) is 0. The summed E-state index contributed by atoms with van der Waals surface area (Å²) in [6.45, 7) is 4.56. The smallest absolute Gasteiger partial charge is 0.265 e. The second-order valence-electron chi connectivity index (χ2n) is 10.8. The lowest BCUT2D eigenvalue weighted by molar-refractivity contribution is -0.122. The van der Waals surface area contributed by atoms with Gasteiger partial charge in [0, 0.05) is 17.2 Å². The first-order valence-electron chi connectivity index (χ1n) is 13.0. The summed E-state index contributed by atoms with van der Waals surface area (Å²) >= 11 is 0. The Morgan fingerprint density at radius 1 is 1.00 bits per heavy atom. The van der Waals surface area contributed by atoms with Crippen LogP contribution in [0.15, 0.2) is 60.7 Å². The first-order valence-corrected chi connectivity index (χ1v) is 13.0. The molecule has 0 saturated heterocycles. The Balaban J connectivity index is 1.44. The van der Waals surface area contributed by atoms with Gasteiger partial charge in [-0.3, -0.25) is 4.79 Å². The highest BCUT2D eigenvalue weighted by Crippen LogP contribution is 2.49. The lowest BCUT2D eigenvalue weighted by Crippen LogP contribution is -2.49. The van der Waals surface area contributed by atoms with Crippen molar-refractivity contribution in [3.05, 3.63) is 72.1 Å². The van der Waals surface area contributed by atoms with Crippen LogP contribution >= 0.6 is 0 Å². The summed E-state index contributed by atoms with van der Waals surface area (Å²) in [7, 11) is 0. The third-order valence-corrected chi connectivity index (χ3v) is 8.13. The zero-order chi connectivity index (χ0) is 24.0. The van der Waals surface area contributed by atoms with E-state index in [1.54, 1.807) is 0 Å². The third-order valence-electron chi connectivity index (χ3n) is 8.13. The molecule has 1 amide bonds. The maximum absolute atomic E-state index is 12.8. The first-order chi connectivity index (χ1) is 17.0. The van der Waals surface area contributed by atoms with Crippen molar-refractivity contribution in [3.63, 3.8) is 0 Å². The SMILES string of the molecule is C[C](C)CC1(c2ccc(-c3nc4c(cc3-c3ccccc3)N(C3CCC3)C(=O)CO4)cc2)CCC1. The highest BCUT2D eigenvalue weighted by Gasteiger charge is 2.39. The summed E-state index contributed by atoms with van der Waals surface area (Å²) in [6, 6.07) is 21.8. The summed E-state index contributed by atoms with van der Waals surface area (Å²) in [5.41, 5.74) is 6.67. The van der Waals surface area contributed by atoms with Crippen molar-refractivity contribution in [2.45, 2.75) is 70.3 Å². The van der Waals surface area contributed by atoms with E-state index in [-0.39, 0.29) is 18.6 Å². The largest absolute Gasteiger partial charge is 0.466 e. The number of anilines is 1. The predicted molar refractivity (Wildman–Crippen MR) is 140 cm³/mol. The number of carbonyl (C=O) groups excluding carboxylic acids is 1. The van der Waals surface area contributed by atoms with Gasteiger partial charge in [-0.25, -0.2) is 4.98 Å². The number of ether oxygens (including phenoxy) is 1. The van der Waals surface area contributed by atoms with Gasteiger partial charge in [0.25, 0.3) is 5.91 Å². The number of fused-ring (bicyclic) bond motifs is 1. The summed E-state index contributed by atoms with van der Waals surface area (Å²) < 4.78 is 5.88. The van der Waals surface area contributed by atoms with Gasteiger partial charge in [-0.2, -0.15) is 0 Å². The highest BCUT2D eigenvalue weighted by atomic mass is 16.5. The minimum atomic E-state index is 0.0360. The molecule has 0 unspecified atom stereocenters. The summed E-state index contributed by atoms with van der Waals surface area (Å²) in [6.07, 6.45) is 8.28. The molecule has 3 aromatic rings. The molecule has 2 aromatic carbocycles. The van der Waals surface area contributed by atoms with Crippen LogP contribution in [0.5, 0.6) is 5.88 Å². The second-order valence-corrected chi connectivity index (χ2v) is 10.8. The molecule has 0 bridgehead atoms. The Hall–Kier alpha value is -3.14. The average Bonchev–Trinajstić information content (AvgIpc) is 2.82. The van der Waals surface area contributed by atoms with Crippen LogP contribution in [0.4, 0.5) is 5.69 Å². The van der Waals surface area contributed by atoms with Crippen LogP contribution in [0.1, 0.15) is 64.4 Å². The molecule has 3 aliphatic rings. The van der Waals surface area contributed by atoms with Crippen molar-refractivity contribution >= 4 is 11.6 Å². The molecule has 1 radical (unpaired) electrons. The van der Waals surface area contributed by atoms with Gasteiger partial charge in [0.2, 0.25) is 5.88 Å². The van der Waals surface area contributed by atoms with E-state index in [0.717, 1.165) is 47.3 Å². The Bertz CT molecular complexity index is 1220. The number of nitrogens with zero attached hydrogens (tertiary/aromatic N) is 2. The molecule has 35 heavy (non-hydrogen) atoms. The van der Waals surface area contributed by atoms with Gasteiger partial charge in [0.05, 0.1) is 5.69 Å². The number of benzene rings is 2. The van der Waals surface area contributed by atoms with Gasteiger partial charge < -0.3 is 9.64 Å². The lowest BCUT2D eigenvalue weighted by Gasteiger charge is -2.44. The van der Waals surface area contributed by atoms with Crippen LogP contribution in [0.25, 0.3) is 22.4 Å². The monoisotopic (exact) mass is 465 g/mol. The Morgan fingerprint density at radius 2 is 1.74 bits per heavy atom. The fraction of sp³-hybridized carbons (Fsp3) is 0.387. The average molecular weight is 466 g/mol. The number of amides is 1. The van der Waals surface area contributed by atoms with Crippen LogP contribution < -0.4 is 9.64 Å². The first kappa shape index (κ1) is 22.3. The van der Waals surface area contributed by atoms with Crippen LogP contribution in [0.2, 0.25) is 0 Å². The highest BCUT2D eigenvalue weighted by molar-refractivity contribution is 6.00. The normalized spacial score (nSPS) is 19.1. The van der Waals surface area contributed by atoms with Crippen molar-refractivity contribution in [2.75, 3.05) is 11.5 Å². The molecular weight excluding hydrogens is 432 g/mol. The molecule has 2 saturated carbocycles. The molecule has 2 fully saturated rings. The van der Waals surface area contributed by atoms with E-state index in [9.17, 15) is 4.79 Å². The zero-order valence-corrected chi connectivity index (χ0v) is 20.7. The molecule has 4 heteroatoms. The zero-order valence-electron chi connectivity index (χ0n) is 20.7. The van der Waals surface area contributed by atoms with E-state index >= 15 is 0 Å². The molecule has 0 N–H and O–H groups in total. The van der Waals surface area contributed by atoms with Gasteiger partial charge in [-0.15, -0.1) is 0 Å². The Morgan fingerprint density at radius 3 is 2.34 bits per heavy atom. The van der Waals surface area contributed by atoms with Gasteiger partial charge in [-0.05, 0) is 67.1 Å². The number of hydrogen-bond acceptors (Lipinski definition) is 3. The molecule has 1 aromatic heterocycles. The van der Waals surface area contributed by atoms with Crippen molar-refractivity contribution < 1.29 is 9.53 Å². The van der Waals surface area contributed by atoms with E-state index < -0.39 is 0 Å². The van der Waals surface area contributed by atoms with Gasteiger partial charge in [0.1, 0.15) is 5.69 Å². The van der Waals surface area contributed by atoms with E-state index in [0.29, 0.717) is 11.3 Å². The molecule has 2 aliphatic carbocycles. The minimum Gasteiger partial charge on any atom is -0.466 e. The minimum absolute atomic E-state index is 0.0360. The molecule has 0 spiro atoms. The maximum atomic E-state index is 12.8. The van der Waals surface area contributed by atoms with Crippen molar-refractivity contribution in [3.8, 4) is 28.3 Å². The van der Waals surface area contributed by atoms with Crippen LogP contribution in [0, 0.1) is 5.92 Å². The molecule has 2 heterocycles. The topological polar surface area (TPSA) is 42.4 Å². The Labute approximate surface area is 208 Å². The fourth-order valence-electron chi connectivity index (χ4n) is 6.03.